The van der Waals surface area contributed by atoms with Crippen LogP contribution in [0.5, 0.6) is 0 Å². The fraction of sp³-hybridized carbons (Fsp3) is 0.417. The van der Waals surface area contributed by atoms with Crippen molar-refractivity contribution >= 4 is 27.2 Å². The summed E-state index contributed by atoms with van der Waals surface area (Å²) in [5.74, 6) is 0.0289. The Balaban J connectivity index is 2.17. The lowest BCUT2D eigenvalue weighted by atomic mass is 10.2. The number of hydrogen-bond donors (Lipinski definition) is 2. The Morgan fingerprint density at radius 2 is 2.20 bits per heavy atom. The van der Waals surface area contributed by atoms with Crippen molar-refractivity contribution in [3.63, 3.8) is 0 Å². The summed E-state index contributed by atoms with van der Waals surface area (Å²) in [7, 11) is -3.63. The third-order valence-corrected chi connectivity index (χ3v) is 5.39. The molecule has 2 heterocycles. The van der Waals surface area contributed by atoms with E-state index in [1.165, 1.54) is 10.9 Å². The Labute approximate surface area is 122 Å². The highest BCUT2D eigenvalue weighted by molar-refractivity contribution is 7.89. The van der Waals surface area contributed by atoms with Crippen LogP contribution in [0.4, 0.5) is 5.82 Å². The first-order valence-corrected chi connectivity index (χ1v) is 8.72. The summed E-state index contributed by atoms with van der Waals surface area (Å²) in [5.41, 5.74) is 6.82. The molecule has 2 aromatic heterocycles. The summed E-state index contributed by atoms with van der Waals surface area (Å²) in [6, 6.07) is 2.01. The predicted octanol–water partition coefficient (Wildman–Crippen LogP) is 1.59. The summed E-state index contributed by atoms with van der Waals surface area (Å²) in [4.78, 5) is 1.06. The normalized spacial score (nSPS) is 11.9. The summed E-state index contributed by atoms with van der Waals surface area (Å²) in [6.07, 6.45) is 2.34. The van der Waals surface area contributed by atoms with Gasteiger partial charge in [-0.05, 0) is 30.4 Å². The van der Waals surface area contributed by atoms with E-state index in [-0.39, 0.29) is 17.3 Å². The Kier molecular flexibility index (Phi) is 4.46. The van der Waals surface area contributed by atoms with Gasteiger partial charge in [-0.3, -0.25) is 4.68 Å². The van der Waals surface area contributed by atoms with Gasteiger partial charge in [0.2, 0.25) is 10.0 Å². The van der Waals surface area contributed by atoms with Crippen LogP contribution in [0.15, 0.2) is 22.5 Å². The van der Waals surface area contributed by atoms with E-state index in [0.29, 0.717) is 6.54 Å². The van der Waals surface area contributed by atoms with Crippen LogP contribution >= 0.6 is 11.3 Å². The maximum Gasteiger partial charge on any atom is 0.246 e. The van der Waals surface area contributed by atoms with Gasteiger partial charge in [0, 0.05) is 24.2 Å². The van der Waals surface area contributed by atoms with Crippen molar-refractivity contribution in [2.45, 2.75) is 38.3 Å². The van der Waals surface area contributed by atoms with Gasteiger partial charge in [-0.1, -0.05) is 6.92 Å². The molecular formula is C12H18N4O2S2. The molecule has 0 radical (unpaired) electrons. The Morgan fingerprint density at radius 3 is 2.80 bits per heavy atom. The molecule has 0 spiro atoms. The average molecular weight is 314 g/mol. The number of rotatable bonds is 6. The van der Waals surface area contributed by atoms with Gasteiger partial charge in [-0.15, -0.1) is 11.3 Å². The van der Waals surface area contributed by atoms with Gasteiger partial charge >= 0.3 is 0 Å². The fourth-order valence-corrected chi connectivity index (χ4v) is 3.94. The molecule has 0 bridgehead atoms. The first kappa shape index (κ1) is 15.0. The van der Waals surface area contributed by atoms with Crippen LogP contribution in [-0.2, 0) is 29.5 Å². The molecule has 0 saturated carbocycles. The molecule has 2 rings (SSSR count). The number of nitrogens with one attached hydrogen (secondary N) is 1. The molecule has 20 heavy (non-hydrogen) atoms. The van der Waals surface area contributed by atoms with Crippen molar-refractivity contribution < 1.29 is 8.42 Å². The lowest BCUT2D eigenvalue weighted by Crippen LogP contribution is -2.23. The zero-order valence-electron chi connectivity index (χ0n) is 11.5. The van der Waals surface area contributed by atoms with Gasteiger partial charge in [0.1, 0.15) is 4.90 Å². The van der Waals surface area contributed by atoms with Crippen LogP contribution in [0.25, 0.3) is 0 Å². The van der Waals surface area contributed by atoms with Crippen LogP contribution in [0.3, 0.4) is 0 Å². The molecule has 0 atom stereocenters. The van der Waals surface area contributed by atoms with Gasteiger partial charge in [0.05, 0.1) is 0 Å². The van der Waals surface area contributed by atoms with E-state index in [9.17, 15) is 8.42 Å². The first-order valence-electron chi connectivity index (χ1n) is 6.35. The van der Waals surface area contributed by atoms with Gasteiger partial charge in [0.15, 0.2) is 5.82 Å². The Morgan fingerprint density at radius 1 is 1.45 bits per heavy atom. The minimum atomic E-state index is -3.63. The first-order chi connectivity index (χ1) is 9.47. The monoisotopic (exact) mass is 314 g/mol. The topological polar surface area (TPSA) is 90.0 Å². The van der Waals surface area contributed by atoms with Crippen molar-refractivity contribution in [1.29, 1.82) is 0 Å². The minimum Gasteiger partial charge on any atom is -0.381 e. The van der Waals surface area contributed by atoms with Gasteiger partial charge in [-0.2, -0.15) is 5.10 Å². The smallest absolute Gasteiger partial charge is 0.246 e. The van der Waals surface area contributed by atoms with Gasteiger partial charge < -0.3 is 5.73 Å². The molecule has 0 fully saturated rings. The van der Waals surface area contributed by atoms with Crippen LogP contribution in [0.1, 0.15) is 24.3 Å². The number of anilines is 1. The van der Waals surface area contributed by atoms with E-state index in [1.54, 1.807) is 11.3 Å². The molecule has 0 aromatic carbocycles. The second kappa shape index (κ2) is 5.94. The number of thiophene rings is 1. The summed E-state index contributed by atoms with van der Waals surface area (Å²) in [5, 5.41) is 5.92. The second-order valence-corrected chi connectivity index (χ2v) is 7.02. The molecule has 6 nitrogen and oxygen atoms in total. The standard InChI is InChI=1S/C12H18N4O2S2/c1-3-9-5-6-19-10(9)7-14-20(17,18)11-8-16(4-2)15-12(11)13/h5-6,8,14H,3-4,7H2,1-2H3,(H2,13,15). The van der Waals surface area contributed by atoms with E-state index in [4.69, 9.17) is 5.73 Å². The van der Waals surface area contributed by atoms with Crippen molar-refractivity contribution in [3.05, 3.63) is 28.1 Å². The van der Waals surface area contributed by atoms with Crippen LogP contribution < -0.4 is 10.5 Å². The number of nitrogen functional groups attached to an aromatic ring is 1. The van der Waals surface area contributed by atoms with E-state index < -0.39 is 10.0 Å². The summed E-state index contributed by atoms with van der Waals surface area (Å²) in [6.45, 7) is 4.77. The predicted molar refractivity (Wildman–Crippen MR) is 80.0 cm³/mol. The van der Waals surface area contributed by atoms with E-state index in [2.05, 4.69) is 9.82 Å². The minimum absolute atomic E-state index is 0.0289. The van der Waals surface area contributed by atoms with Crippen molar-refractivity contribution in [2.24, 2.45) is 0 Å². The maximum absolute atomic E-state index is 12.2. The number of aromatic nitrogens is 2. The quantitative estimate of drug-likeness (QED) is 0.847. The fourth-order valence-electron chi connectivity index (χ4n) is 1.86. The molecular weight excluding hydrogens is 296 g/mol. The third kappa shape index (κ3) is 3.02. The highest BCUT2D eigenvalue weighted by Gasteiger charge is 2.21. The zero-order valence-corrected chi connectivity index (χ0v) is 13.1. The molecule has 0 unspecified atom stereocenters. The van der Waals surface area contributed by atoms with Crippen molar-refractivity contribution in [2.75, 3.05) is 5.73 Å². The summed E-state index contributed by atoms with van der Waals surface area (Å²) >= 11 is 1.54. The molecule has 110 valence electrons. The molecule has 0 aliphatic heterocycles. The molecule has 0 aliphatic rings. The highest BCUT2D eigenvalue weighted by Crippen LogP contribution is 2.20. The molecule has 0 aliphatic carbocycles. The third-order valence-electron chi connectivity index (χ3n) is 3.01. The number of hydrogen-bond acceptors (Lipinski definition) is 5. The average Bonchev–Trinajstić information content (AvgIpc) is 3.02. The number of aryl methyl sites for hydroxylation is 2. The molecule has 0 saturated heterocycles. The van der Waals surface area contributed by atoms with Crippen LogP contribution in [-0.4, -0.2) is 18.2 Å². The van der Waals surface area contributed by atoms with Gasteiger partial charge in [-0.25, -0.2) is 13.1 Å². The number of sulfonamides is 1. The highest BCUT2D eigenvalue weighted by atomic mass is 32.2. The Hall–Kier alpha value is -1.38. The summed E-state index contributed by atoms with van der Waals surface area (Å²) < 4.78 is 28.6. The van der Waals surface area contributed by atoms with Gasteiger partial charge in [0.25, 0.3) is 0 Å². The lowest BCUT2D eigenvalue weighted by molar-refractivity contribution is 0.581. The molecule has 0 amide bonds. The molecule has 3 N–H and O–H groups in total. The Bertz CT molecular complexity index is 688. The zero-order chi connectivity index (χ0) is 14.8. The largest absolute Gasteiger partial charge is 0.381 e. The SMILES string of the molecule is CCc1ccsc1CNS(=O)(=O)c1cn(CC)nc1N. The number of nitrogens with two attached hydrogens (primary N) is 1. The van der Waals surface area contributed by atoms with Crippen LogP contribution in [0.2, 0.25) is 0 Å². The van der Waals surface area contributed by atoms with E-state index in [0.717, 1.165) is 16.9 Å². The van der Waals surface area contributed by atoms with Crippen LogP contribution in [0, 0.1) is 0 Å². The number of nitrogens with zero attached hydrogens (tertiary/aromatic N) is 2. The second-order valence-electron chi connectivity index (χ2n) is 4.28. The van der Waals surface area contributed by atoms with E-state index >= 15 is 0 Å². The molecule has 2 aromatic rings. The molecule has 8 heteroatoms. The van der Waals surface area contributed by atoms with Crippen molar-refractivity contribution in [3.8, 4) is 0 Å². The van der Waals surface area contributed by atoms with E-state index in [1.807, 2.05) is 25.3 Å². The van der Waals surface area contributed by atoms with Crippen molar-refractivity contribution in [1.82, 2.24) is 14.5 Å². The maximum atomic E-state index is 12.2. The lowest BCUT2D eigenvalue weighted by Gasteiger charge is -2.05.